The molecule has 0 heterocycles. The quantitative estimate of drug-likeness (QED) is 0.595. The first-order valence-electron chi connectivity index (χ1n) is 8.23. The van der Waals surface area contributed by atoms with Crippen molar-refractivity contribution in [3.05, 3.63) is 89.5 Å². The minimum absolute atomic E-state index is 0.197. The number of azo groups is 1. The fourth-order valence-corrected chi connectivity index (χ4v) is 2.54. The maximum absolute atomic E-state index is 11.0. The monoisotopic (exact) mass is 346 g/mol. The highest BCUT2D eigenvalue weighted by Crippen LogP contribution is 2.25. The Morgan fingerprint density at radius 3 is 2.00 bits per heavy atom. The predicted molar refractivity (Wildman–Crippen MR) is 99.5 cm³/mol. The van der Waals surface area contributed by atoms with E-state index in [4.69, 9.17) is 5.11 Å². The van der Waals surface area contributed by atoms with Crippen LogP contribution in [-0.2, 0) is 12.8 Å². The molecule has 0 aromatic heterocycles. The number of hydrogen-bond acceptors (Lipinski definition) is 4. The third-order valence-electron chi connectivity index (χ3n) is 3.97. The van der Waals surface area contributed by atoms with E-state index in [1.54, 1.807) is 0 Å². The van der Waals surface area contributed by atoms with Crippen LogP contribution in [0, 0.1) is 0 Å². The second-order valence-electron chi connectivity index (χ2n) is 5.86. The lowest BCUT2D eigenvalue weighted by molar-refractivity contribution is 0.0694. The minimum atomic E-state index is -1.21. The van der Waals surface area contributed by atoms with E-state index < -0.39 is 5.97 Å². The number of nitrogens with zero attached hydrogens (tertiary/aromatic N) is 2. The second kappa shape index (κ2) is 8.07. The summed E-state index contributed by atoms with van der Waals surface area (Å²) in [6.07, 6.45) is 1.93. The molecule has 0 aliphatic rings. The van der Waals surface area contributed by atoms with Gasteiger partial charge in [0.1, 0.15) is 11.3 Å². The molecule has 0 aliphatic carbocycles. The normalized spacial score (nSPS) is 10.9. The molecule has 0 aliphatic heterocycles. The number of phenols is 1. The van der Waals surface area contributed by atoms with Gasteiger partial charge in [-0.25, -0.2) is 4.79 Å². The fourth-order valence-electron chi connectivity index (χ4n) is 2.54. The zero-order chi connectivity index (χ0) is 18.4. The van der Waals surface area contributed by atoms with Crippen molar-refractivity contribution in [2.75, 3.05) is 0 Å². The minimum Gasteiger partial charge on any atom is -0.507 e. The lowest BCUT2D eigenvalue weighted by Gasteiger charge is -2.03. The van der Waals surface area contributed by atoms with Crippen molar-refractivity contribution in [3.8, 4) is 5.75 Å². The number of aromatic carboxylic acids is 1. The summed E-state index contributed by atoms with van der Waals surface area (Å²) in [5.41, 5.74) is 3.37. The summed E-state index contributed by atoms with van der Waals surface area (Å²) >= 11 is 0. The molecule has 0 bridgehead atoms. The largest absolute Gasteiger partial charge is 0.507 e. The number of aryl methyl sites for hydroxylation is 2. The molecule has 3 rings (SSSR count). The molecule has 0 spiro atoms. The summed E-state index contributed by atoms with van der Waals surface area (Å²) in [6.45, 7) is 0. The van der Waals surface area contributed by atoms with Crippen LogP contribution in [0.5, 0.6) is 5.75 Å². The summed E-state index contributed by atoms with van der Waals surface area (Å²) in [5, 5.41) is 26.7. The topological polar surface area (TPSA) is 82.2 Å². The average molecular weight is 346 g/mol. The average Bonchev–Trinajstić information content (AvgIpc) is 2.67. The molecule has 3 aromatic carbocycles. The molecule has 130 valence electrons. The molecule has 0 atom stereocenters. The van der Waals surface area contributed by atoms with Crippen LogP contribution in [0.3, 0.4) is 0 Å². The first-order chi connectivity index (χ1) is 12.6. The van der Waals surface area contributed by atoms with Gasteiger partial charge < -0.3 is 10.2 Å². The molecule has 26 heavy (non-hydrogen) atoms. The van der Waals surface area contributed by atoms with Crippen LogP contribution in [-0.4, -0.2) is 16.2 Å². The van der Waals surface area contributed by atoms with Crippen molar-refractivity contribution in [2.24, 2.45) is 10.2 Å². The SMILES string of the molecule is O=C(O)c1cc(N=Nc2ccc(CCc3ccccc3)cc2)ccc1O. The van der Waals surface area contributed by atoms with Crippen molar-refractivity contribution < 1.29 is 15.0 Å². The summed E-state index contributed by atoms with van der Waals surface area (Å²) < 4.78 is 0. The highest BCUT2D eigenvalue weighted by molar-refractivity contribution is 5.91. The molecule has 2 N–H and O–H groups in total. The van der Waals surface area contributed by atoms with Crippen LogP contribution in [0.15, 0.2) is 83.0 Å². The van der Waals surface area contributed by atoms with E-state index in [1.807, 2.05) is 42.5 Å². The van der Waals surface area contributed by atoms with Gasteiger partial charge >= 0.3 is 5.97 Å². The Balaban J connectivity index is 1.64. The molecule has 0 fully saturated rings. The van der Waals surface area contributed by atoms with Gasteiger partial charge in [0.2, 0.25) is 0 Å². The van der Waals surface area contributed by atoms with E-state index in [9.17, 15) is 9.90 Å². The number of carboxylic acid groups (broad SMARTS) is 1. The van der Waals surface area contributed by atoms with E-state index in [1.165, 1.54) is 29.3 Å². The van der Waals surface area contributed by atoms with Crippen molar-refractivity contribution >= 4 is 17.3 Å². The summed E-state index contributed by atoms with van der Waals surface area (Å²) in [5.74, 6) is -1.50. The Kier molecular flexibility index (Phi) is 5.39. The number of aromatic hydroxyl groups is 1. The van der Waals surface area contributed by atoms with Gasteiger partial charge in [-0.2, -0.15) is 10.2 Å². The Labute approximate surface area is 151 Å². The highest BCUT2D eigenvalue weighted by atomic mass is 16.4. The summed E-state index contributed by atoms with van der Waals surface area (Å²) in [4.78, 5) is 11.0. The van der Waals surface area contributed by atoms with Crippen LogP contribution in [0.25, 0.3) is 0 Å². The molecule has 0 saturated carbocycles. The first-order valence-corrected chi connectivity index (χ1v) is 8.23. The van der Waals surface area contributed by atoms with Gasteiger partial charge in [0.15, 0.2) is 0 Å². The molecule has 5 nitrogen and oxygen atoms in total. The van der Waals surface area contributed by atoms with Gasteiger partial charge in [-0.3, -0.25) is 0 Å². The van der Waals surface area contributed by atoms with Crippen molar-refractivity contribution in [2.45, 2.75) is 12.8 Å². The number of hydrogen-bond donors (Lipinski definition) is 2. The van der Waals surface area contributed by atoms with Gasteiger partial charge in [0, 0.05) is 0 Å². The smallest absolute Gasteiger partial charge is 0.339 e. The van der Waals surface area contributed by atoms with E-state index in [2.05, 4.69) is 22.4 Å². The number of rotatable bonds is 6. The zero-order valence-electron chi connectivity index (χ0n) is 14.0. The van der Waals surface area contributed by atoms with Crippen LogP contribution in [0.2, 0.25) is 0 Å². The third kappa shape index (κ3) is 4.54. The Morgan fingerprint density at radius 2 is 1.35 bits per heavy atom. The van der Waals surface area contributed by atoms with Gasteiger partial charge in [-0.1, -0.05) is 42.5 Å². The second-order valence-corrected chi connectivity index (χ2v) is 5.86. The van der Waals surface area contributed by atoms with Gasteiger partial charge in [0.25, 0.3) is 0 Å². The zero-order valence-corrected chi connectivity index (χ0v) is 14.0. The molecular formula is C21H18N2O3. The Bertz CT molecular complexity index is 920. The van der Waals surface area contributed by atoms with Crippen LogP contribution >= 0.6 is 0 Å². The maximum atomic E-state index is 11.0. The standard InChI is InChI=1S/C21H18N2O3/c24-20-13-12-18(14-19(20)21(25)26)23-22-17-10-8-16(9-11-17)7-6-15-4-2-1-3-5-15/h1-5,8-14,24H,6-7H2,(H,25,26). The molecule has 0 radical (unpaired) electrons. The lowest BCUT2D eigenvalue weighted by Crippen LogP contribution is -1.95. The van der Waals surface area contributed by atoms with Gasteiger partial charge in [-0.05, 0) is 54.3 Å². The first kappa shape index (κ1) is 17.4. The summed E-state index contributed by atoms with van der Waals surface area (Å²) in [7, 11) is 0. The fraction of sp³-hybridized carbons (Fsp3) is 0.0952. The number of carboxylic acids is 1. The van der Waals surface area contributed by atoms with Crippen LogP contribution in [0.4, 0.5) is 11.4 Å². The Morgan fingerprint density at radius 1 is 0.769 bits per heavy atom. The van der Waals surface area contributed by atoms with Crippen molar-refractivity contribution in [1.29, 1.82) is 0 Å². The van der Waals surface area contributed by atoms with E-state index in [0.29, 0.717) is 11.4 Å². The van der Waals surface area contributed by atoms with Gasteiger partial charge in [0.05, 0.1) is 11.4 Å². The molecule has 0 amide bonds. The predicted octanol–water partition coefficient (Wildman–Crippen LogP) is 5.29. The molecule has 5 heteroatoms. The number of carbonyl (C=O) groups is 1. The van der Waals surface area contributed by atoms with Crippen molar-refractivity contribution in [3.63, 3.8) is 0 Å². The Hall–Kier alpha value is -3.47. The molecular weight excluding hydrogens is 328 g/mol. The van der Waals surface area contributed by atoms with E-state index in [0.717, 1.165) is 12.8 Å². The molecule has 0 unspecified atom stereocenters. The van der Waals surface area contributed by atoms with E-state index in [-0.39, 0.29) is 11.3 Å². The summed E-state index contributed by atoms with van der Waals surface area (Å²) in [6, 6.07) is 22.2. The number of benzene rings is 3. The molecule has 3 aromatic rings. The maximum Gasteiger partial charge on any atom is 0.339 e. The van der Waals surface area contributed by atoms with Gasteiger partial charge in [-0.15, -0.1) is 0 Å². The lowest BCUT2D eigenvalue weighted by atomic mass is 10.0. The van der Waals surface area contributed by atoms with Crippen LogP contribution < -0.4 is 0 Å². The van der Waals surface area contributed by atoms with Crippen molar-refractivity contribution in [1.82, 2.24) is 0 Å². The third-order valence-corrected chi connectivity index (χ3v) is 3.97. The molecule has 0 saturated heterocycles. The van der Waals surface area contributed by atoms with Crippen LogP contribution in [0.1, 0.15) is 21.5 Å². The van der Waals surface area contributed by atoms with E-state index >= 15 is 0 Å². The highest BCUT2D eigenvalue weighted by Gasteiger charge is 2.09.